The van der Waals surface area contributed by atoms with Gasteiger partial charge in [0.2, 0.25) is 23.6 Å². The molecule has 2 heterocycles. The molecule has 12 nitrogen and oxygen atoms in total. The quantitative estimate of drug-likeness (QED) is 0.190. The number of nitro groups is 2. The van der Waals surface area contributed by atoms with Crippen LogP contribution < -0.4 is 9.80 Å². The number of amides is 4. The van der Waals surface area contributed by atoms with Gasteiger partial charge in [-0.25, -0.2) is 9.80 Å². The smallest absolute Gasteiger partial charge is 0.271 e. The van der Waals surface area contributed by atoms with Crippen LogP contribution in [0.1, 0.15) is 22.6 Å². The molecule has 7 rings (SSSR count). The van der Waals surface area contributed by atoms with E-state index in [2.05, 4.69) is 0 Å². The number of nitro benzene ring substituents is 2. The highest BCUT2D eigenvalue weighted by Gasteiger charge is 2.72. The van der Waals surface area contributed by atoms with E-state index in [-0.39, 0.29) is 22.7 Å². The molecule has 3 aliphatic rings. The summed E-state index contributed by atoms with van der Waals surface area (Å²) in [6, 6.07) is 25.3. The van der Waals surface area contributed by atoms with Crippen molar-refractivity contribution in [2.45, 2.75) is 11.3 Å². The molecule has 2 saturated heterocycles. The lowest BCUT2D eigenvalue weighted by atomic mass is 9.55. The first-order valence-electron chi connectivity index (χ1n) is 13.6. The van der Waals surface area contributed by atoms with Crippen molar-refractivity contribution in [1.82, 2.24) is 0 Å². The lowest BCUT2D eigenvalue weighted by Crippen LogP contribution is -2.50. The van der Waals surface area contributed by atoms with Crippen LogP contribution in [0.4, 0.5) is 22.7 Å². The Kier molecular flexibility index (Phi) is 5.79. The normalized spacial score (nSPS) is 23.8. The van der Waals surface area contributed by atoms with Crippen molar-refractivity contribution in [3.63, 3.8) is 0 Å². The second kappa shape index (κ2) is 9.49. The standard InChI is InChI=1S/C32H20N4O8/c37-28-25-23-14-4-5-15-24(23)32(18-8-2-1-3-9-18)27(26(25)29(38)33(28)19-10-6-12-21(16-19)35(41)42)30(39)34(31(32)40)20-11-7-13-22(17-20)36(43)44/h1-17,25-27H/t25-,26-,27-,32-/m0/s1. The van der Waals surface area contributed by atoms with E-state index in [1.807, 2.05) is 0 Å². The molecule has 4 atom stereocenters. The van der Waals surface area contributed by atoms with E-state index in [1.165, 1.54) is 36.4 Å². The van der Waals surface area contributed by atoms with Crippen molar-refractivity contribution in [1.29, 1.82) is 0 Å². The van der Waals surface area contributed by atoms with Gasteiger partial charge in [-0.05, 0) is 28.8 Å². The molecule has 4 aromatic carbocycles. The summed E-state index contributed by atoms with van der Waals surface area (Å²) in [5.74, 6) is -6.87. The Morgan fingerprint density at radius 2 is 1.18 bits per heavy atom. The van der Waals surface area contributed by atoms with Gasteiger partial charge in [-0.1, -0.05) is 66.7 Å². The summed E-state index contributed by atoms with van der Waals surface area (Å²) in [5.41, 5.74) is -1.34. The zero-order chi connectivity index (χ0) is 30.9. The van der Waals surface area contributed by atoms with Crippen LogP contribution in [0.3, 0.4) is 0 Å². The molecule has 4 amide bonds. The minimum atomic E-state index is -1.75. The molecule has 44 heavy (non-hydrogen) atoms. The summed E-state index contributed by atoms with van der Waals surface area (Å²) in [5, 5.41) is 23.1. The number of non-ortho nitro benzene ring substituents is 2. The summed E-state index contributed by atoms with van der Waals surface area (Å²) in [6.45, 7) is 0. The molecule has 0 bridgehead atoms. The zero-order valence-corrected chi connectivity index (χ0v) is 22.6. The molecule has 1 aliphatic carbocycles. The monoisotopic (exact) mass is 588 g/mol. The number of nitrogens with zero attached hydrogens (tertiary/aromatic N) is 4. The average molecular weight is 589 g/mol. The van der Waals surface area contributed by atoms with Gasteiger partial charge in [-0.15, -0.1) is 0 Å². The third-order valence-electron chi connectivity index (χ3n) is 8.75. The predicted octanol–water partition coefficient (Wildman–Crippen LogP) is 4.27. The molecular formula is C32H20N4O8. The second-order valence-corrected chi connectivity index (χ2v) is 10.8. The van der Waals surface area contributed by atoms with Gasteiger partial charge in [0.1, 0.15) is 5.41 Å². The van der Waals surface area contributed by atoms with E-state index in [4.69, 9.17) is 0 Å². The Bertz CT molecular complexity index is 1960. The van der Waals surface area contributed by atoms with Crippen LogP contribution in [-0.2, 0) is 24.6 Å². The number of imide groups is 2. The van der Waals surface area contributed by atoms with E-state index < -0.39 is 56.6 Å². The highest BCUT2D eigenvalue weighted by Crippen LogP contribution is 2.61. The molecule has 2 aliphatic heterocycles. The highest BCUT2D eigenvalue weighted by atomic mass is 16.6. The van der Waals surface area contributed by atoms with Crippen LogP contribution in [0.25, 0.3) is 0 Å². The maximum Gasteiger partial charge on any atom is 0.271 e. The number of fused-ring (bicyclic) bond motifs is 6. The largest absolute Gasteiger partial charge is 0.274 e. The number of hydrogen-bond acceptors (Lipinski definition) is 8. The van der Waals surface area contributed by atoms with Gasteiger partial charge in [-0.3, -0.25) is 39.4 Å². The summed E-state index contributed by atoms with van der Waals surface area (Å²) in [4.78, 5) is 81.4. The first-order chi connectivity index (χ1) is 21.2. The third kappa shape index (κ3) is 3.44. The van der Waals surface area contributed by atoms with Crippen molar-refractivity contribution in [2.75, 3.05) is 9.80 Å². The van der Waals surface area contributed by atoms with Crippen molar-refractivity contribution < 1.29 is 29.0 Å². The van der Waals surface area contributed by atoms with Crippen molar-refractivity contribution >= 4 is 46.4 Å². The second-order valence-electron chi connectivity index (χ2n) is 10.8. The van der Waals surface area contributed by atoms with E-state index in [1.54, 1.807) is 54.6 Å². The number of carbonyl (C=O) groups is 4. The maximum atomic E-state index is 14.8. The number of rotatable bonds is 5. The fraction of sp³-hybridized carbons (Fsp3) is 0.125. The topological polar surface area (TPSA) is 161 Å². The molecule has 216 valence electrons. The molecule has 0 saturated carbocycles. The summed E-state index contributed by atoms with van der Waals surface area (Å²) in [7, 11) is 0. The van der Waals surface area contributed by atoms with Gasteiger partial charge in [0, 0.05) is 24.3 Å². The summed E-state index contributed by atoms with van der Waals surface area (Å²) < 4.78 is 0. The minimum Gasteiger partial charge on any atom is -0.274 e. The fourth-order valence-corrected chi connectivity index (χ4v) is 7.07. The van der Waals surface area contributed by atoms with Crippen LogP contribution in [0.2, 0.25) is 0 Å². The van der Waals surface area contributed by atoms with Crippen molar-refractivity contribution in [3.8, 4) is 0 Å². The van der Waals surface area contributed by atoms with E-state index in [0.717, 1.165) is 21.9 Å². The first-order valence-corrected chi connectivity index (χ1v) is 13.6. The minimum absolute atomic E-state index is 0.0290. The molecule has 2 fully saturated rings. The van der Waals surface area contributed by atoms with Gasteiger partial charge in [0.05, 0.1) is 39.0 Å². The van der Waals surface area contributed by atoms with Gasteiger partial charge in [-0.2, -0.15) is 0 Å². The van der Waals surface area contributed by atoms with Gasteiger partial charge in [0.25, 0.3) is 11.4 Å². The Hall–Kier alpha value is -6.04. The molecule has 0 radical (unpaired) electrons. The number of anilines is 2. The van der Waals surface area contributed by atoms with Crippen LogP contribution in [0.5, 0.6) is 0 Å². The lowest BCUT2D eigenvalue weighted by molar-refractivity contribution is -0.385. The Morgan fingerprint density at radius 1 is 0.614 bits per heavy atom. The molecule has 0 unspecified atom stereocenters. The maximum absolute atomic E-state index is 14.8. The number of carbonyl (C=O) groups excluding carboxylic acids is 4. The van der Waals surface area contributed by atoms with Crippen LogP contribution in [0, 0.1) is 32.1 Å². The Balaban J connectivity index is 1.50. The molecule has 12 heteroatoms. The van der Waals surface area contributed by atoms with Gasteiger partial charge in [0.15, 0.2) is 0 Å². The van der Waals surface area contributed by atoms with Crippen LogP contribution in [-0.4, -0.2) is 33.5 Å². The van der Waals surface area contributed by atoms with E-state index >= 15 is 0 Å². The lowest BCUT2D eigenvalue weighted by Gasteiger charge is -2.42. The molecule has 0 N–H and O–H groups in total. The molecular weight excluding hydrogens is 568 g/mol. The average Bonchev–Trinajstić information content (AvgIpc) is 3.43. The SMILES string of the molecule is O=C1[C@@H]2[C@H]3C(=O)N(c4cccc([N+](=O)[O-])c4)C(=O)[C@@]3(c3ccccc3)c3ccccc3[C@@H]2C(=O)N1c1cccc([N+](=O)[O-])c1. The van der Waals surface area contributed by atoms with E-state index in [0.29, 0.717) is 16.7 Å². The Morgan fingerprint density at radius 3 is 1.80 bits per heavy atom. The zero-order valence-electron chi connectivity index (χ0n) is 22.6. The van der Waals surface area contributed by atoms with Crippen molar-refractivity contribution in [2.24, 2.45) is 11.8 Å². The van der Waals surface area contributed by atoms with Crippen LogP contribution >= 0.6 is 0 Å². The molecule has 4 aromatic rings. The number of hydrogen-bond donors (Lipinski definition) is 0. The summed E-state index contributed by atoms with van der Waals surface area (Å²) in [6.07, 6.45) is 0. The third-order valence-corrected chi connectivity index (χ3v) is 8.75. The van der Waals surface area contributed by atoms with Crippen molar-refractivity contribution in [3.05, 3.63) is 140 Å². The van der Waals surface area contributed by atoms with Gasteiger partial charge < -0.3 is 0 Å². The molecule has 0 spiro atoms. The highest BCUT2D eigenvalue weighted by molar-refractivity contribution is 6.32. The number of benzene rings is 4. The summed E-state index contributed by atoms with van der Waals surface area (Å²) >= 11 is 0. The van der Waals surface area contributed by atoms with Crippen LogP contribution in [0.15, 0.2) is 103 Å². The predicted molar refractivity (Wildman–Crippen MR) is 155 cm³/mol. The Labute approximate surface area is 248 Å². The fourth-order valence-electron chi connectivity index (χ4n) is 7.07. The van der Waals surface area contributed by atoms with Gasteiger partial charge >= 0.3 is 0 Å². The molecule has 0 aromatic heterocycles. The van der Waals surface area contributed by atoms with E-state index in [9.17, 15) is 39.4 Å². The first kappa shape index (κ1) is 26.8.